The molecular weight excluding hydrogens is 390 g/mol. The van der Waals surface area contributed by atoms with Gasteiger partial charge in [-0.15, -0.1) is 10.2 Å². The van der Waals surface area contributed by atoms with Crippen molar-refractivity contribution in [1.29, 1.82) is 0 Å². The third-order valence-corrected chi connectivity index (χ3v) is 6.14. The number of nitrogens with one attached hydrogen (secondary N) is 1. The Morgan fingerprint density at radius 3 is 3.04 bits per heavy atom. The molecule has 0 spiro atoms. The SMILES string of the molecule is Cc1ccccc1Nc1nnc(SCc2cc(Cl)cc3c2OCOC3)s1. The molecule has 0 saturated carbocycles. The number of anilines is 2. The summed E-state index contributed by atoms with van der Waals surface area (Å²) in [6.45, 7) is 2.86. The van der Waals surface area contributed by atoms with Gasteiger partial charge in [0.25, 0.3) is 0 Å². The lowest BCUT2D eigenvalue weighted by molar-refractivity contribution is -0.0168. The first-order chi connectivity index (χ1) is 12.7. The van der Waals surface area contributed by atoms with Crippen LogP contribution in [0.4, 0.5) is 10.8 Å². The number of benzene rings is 2. The molecule has 3 aromatic rings. The van der Waals surface area contributed by atoms with Gasteiger partial charge in [0.05, 0.1) is 6.61 Å². The van der Waals surface area contributed by atoms with Crippen molar-refractivity contribution in [2.45, 2.75) is 23.6 Å². The number of fused-ring (bicyclic) bond motifs is 1. The Hall–Kier alpha value is -1.80. The van der Waals surface area contributed by atoms with Crippen molar-refractivity contribution < 1.29 is 9.47 Å². The van der Waals surface area contributed by atoms with Crippen molar-refractivity contribution in [3.8, 4) is 5.75 Å². The number of rotatable bonds is 5. The van der Waals surface area contributed by atoms with Crippen LogP contribution in [0, 0.1) is 6.92 Å². The van der Waals surface area contributed by atoms with Gasteiger partial charge in [-0.3, -0.25) is 0 Å². The summed E-state index contributed by atoms with van der Waals surface area (Å²) >= 11 is 9.36. The number of thioether (sulfide) groups is 1. The molecule has 0 saturated heterocycles. The Balaban J connectivity index is 1.46. The summed E-state index contributed by atoms with van der Waals surface area (Å²) in [7, 11) is 0. The lowest BCUT2D eigenvalue weighted by atomic mass is 10.1. The van der Waals surface area contributed by atoms with E-state index in [-0.39, 0.29) is 6.79 Å². The van der Waals surface area contributed by atoms with Crippen molar-refractivity contribution in [3.05, 3.63) is 58.1 Å². The number of para-hydroxylation sites is 1. The van der Waals surface area contributed by atoms with E-state index in [1.54, 1.807) is 11.8 Å². The van der Waals surface area contributed by atoms with Crippen LogP contribution in [-0.2, 0) is 17.1 Å². The predicted molar refractivity (Wildman–Crippen MR) is 106 cm³/mol. The number of hydrogen-bond acceptors (Lipinski definition) is 7. The molecule has 2 aromatic carbocycles. The second kappa shape index (κ2) is 7.84. The highest BCUT2D eigenvalue weighted by Gasteiger charge is 2.17. The molecule has 1 N–H and O–H groups in total. The molecule has 0 aliphatic carbocycles. The van der Waals surface area contributed by atoms with Gasteiger partial charge in [0, 0.05) is 27.6 Å². The fourth-order valence-corrected chi connectivity index (χ4v) is 4.64. The average Bonchev–Trinajstić information content (AvgIpc) is 3.09. The standard InChI is InChI=1S/C18H16ClN3O2S2/c1-11-4-2-3-5-15(11)20-17-21-22-18(26-17)25-9-13-7-14(19)6-12-8-23-10-24-16(12)13/h2-7H,8-10H2,1H3,(H,20,21). The number of aryl methyl sites for hydroxylation is 1. The van der Waals surface area contributed by atoms with E-state index in [1.165, 1.54) is 16.9 Å². The molecule has 1 aromatic heterocycles. The van der Waals surface area contributed by atoms with Gasteiger partial charge < -0.3 is 14.8 Å². The molecule has 0 amide bonds. The topological polar surface area (TPSA) is 56.3 Å². The first-order valence-electron chi connectivity index (χ1n) is 8.00. The minimum Gasteiger partial charge on any atom is -0.467 e. The molecule has 8 heteroatoms. The van der Waals surface area contributed by atoms with Gasteiger partial charge >= 0.3 is 0 Å². The molecule has 1 aliphatic heterocycles. The minimum absolute atomic E-state index is 0.273. The maximum atomic E-state index is 6.22. The van der Waals surface area contributed by atoms with Crippen LogP contribution in [0.1, 0.15) is 16.7 Å². The van der Waals surface area contributed by atoms with E-state index >= 15 is 0 Å². The molecule has 0 radical (unpaired) electrons. The van der Waals surface area contributed by atoms with Crippen LogP contribution in [0.2, 0.25) is 5.02 Å². The van der Waals surface area contributed by atoms with Crippen LogP contribution >= 0.6 is 34.7 Å². The van der Waals surface area contributed by atoms with Gasteiger partial charge in [0.15, 0.2) is 11.1 Å². The summed E-state index contributed by atoms with van der Waals surface area (Å²) in [5, 5.41) is 13.3. The average molecular weight is 406 g/mol. The lowest BCUT2D eigenvalue weighted by Crippen LogP contribution is -2.12. The smallest absolute Gasteiger partial charge is 0.210 e. The lowest BCUT2D eigenvalue weighted by Gasteiger charge is -2.20. The molecule has 5 nitrogen and oxygen atoms in total. The fraction of sp³-hybridized carbons (Fsp3) is 0.222. The maximum absolute atomic E-state index is 6.22. The zero-order valence-corrected chi connectivity index (χ0v) is 16.4. The summed E-state index contributed by atoms with van der Waals surface area (Å²) in [4.78, 5) is 0. The van der Waals surface area contributed by atoms with Gasteiger partial charge in [-0.2, -0.15) is 0 Å². The Kier molecular flexibility index (Phi) is 5.31. The van der Waals surface area contributed by atoms with Crippen LogP contribution in [0.5, 0.6) is 5.75 Å². The zero-order valence-electron chi connectivity index (χ0n) is 14.0. The highest BCUT2D eigenvalue weighted by Crippen LogP contribution is 2.37. The van der Waals surface area contributed by atoms with Crippen LogP contribution in [-0.4, -0.2) is 17.0 Å². The number of nitrogens with zero attached hydrogens (tertiary/aromatic N) is 2. The summed E-state index contributed by atoms with van der Waals surface area (Å²) in [6, 6.07) is 11.9. The van der Waals surface area contributed by atoms with E-state index in [4.69, 9.17) is 21.1 Å². The second-order valence-electron chi connectivity index (χ2n) is 5.77. The summed E-state index contributed by atoms with van der Waals surface area (Å²) in [6.07, 6.45) is 0. The normalized spacial score (nSPS) is 13.2. The minimum atomic E-state index is 0.273. The van der Waals surface area contributed by atoms with Crippen LogP contribution in [0.3, 0.4) is 0 Å². The second-order valence-corrected chi connectivity index (χ2v) is 8.40. The molecule has 0 fully saturated rings. The third-order valence-electron chi connectivity index (χ3n) is 3.90. The van der Waals surface area contributed by atoms with Gasteiger partial charge in [-0.25, -0.2) is 0 Å². The summed E-state index contributed by atoms with van der Waals surface area (Å²) in [5.74, 6) is 1.58. The molecular formula is C18H16ClN3O2S2. The van der Waals surface area contributed by atoms with Gasteiger partial charge in [0.2, 0.25) is 5.13 Å². The van der Waals surface area contributed by atoms with Crippen molar-refractivity contribution in [3.63, 3.8) is 0 Å². The molecule has 2 heterocycles. The van der Waals surface area contributed by atoms with E-state index in [0.717, 1.165) is 32.0 Å². The molecule has 26 heavy (non-hydrogen) atoms. The van der Waals surface area contributed by atoms with Crippen molar-refractivity contribution >= 4 is 45.5 Å². The highest BCUT2D eigenvalue weighted by molar-refractivity contribution is 8.00. The fourth-order valence-electron chi connectivity index (χ4n) is 2.65. The molecule has 0 atom stereocenters. The number of aromatic nitrogens is 2. The molecule has 4 rings (SSSR count). The summed E-state index contributed by atoms with van der Waals surface area (Å²) in [5.41, 5.74) is 4.24. The quantitative estimate of drug-likeness (QED) is 0.573. The van der Waals surface area contributed by atoms with Crippen LogP contribution < -0.4 is 10.1 Å². The zero-order chi connectivity index (χ0) is 17.9. The first kappa shape index (κ1) is 17.6. The van der Waals surface area contributed by atoms with Crippen molar-refractivity contribution in [2.24, 2.45) is 0 Å². The van der Waals surface area contributed by atoms with Gasteiger partial charge in [-0.05, 0) is 30.7 Å². The summed E-state index contributed by atoms with van der Waals surface area (Å²) < 4.78 is 11.9. The number of hydrogen-bond donors (Lipinski definition) is 1. The van der Waals surface area contributed by atoms with Crippen molar-refractivity contribution in [2.75, 3.05) is 12.1 Å². The van der Waals surface area contributed by atoms with Gasteiger partial charge in [0.1, 0.15) is 5.75 Å². The number of ether oxygens (including phenoxy) is 2. The van der Waals surface area contributed by atoms with E-state index in [1.807, 2.05) is 30.3 Å². The van der Waals surface area contributed by atoms with Crippen LogP contribution in [0.15, 0.2) is 40.7 Å². The first-order valence-corrected chi connectivity index (χ1v) is 10.2. The molecule has 1 aliphatic rings. The van der Waals surface area contributed by atoms with Crippen molar-refractivity contribution in [1.82, 2.24) is 10.2 Å². The highest BCUT2D eigenvalue weighted by atomic mass is 35.5. The Labute approximate surface area is 164 Å². The Bertz CT molecular complexity index is 933. The van der Waals surface area contributed by atoms with E-state index < -0.39 is 0 Å². The molecule has 0 bridgehead atoms. The molecule has 134 valence electrons. The monoisotopic (exact) mass is 405 g/mol. The largest absolute Gasteiger partial charge is 0.467 e. The van der Waals surface area contributed by atoms with Crippen LogP contribution in [0.25, 0.3) is 0 Å². The predicted octanol–water partition coefficient (Wildman–Crippen LogP) is 5.40. The van der Waals surface area contributed by atoms with Gasteiger partial charge in [-0.1, -0.05) is 52.9 Å². The van der Waals surface area contributed by atoms with E-state index in [2.05, 4.69) is 28.5 Å². The third kappa shape index (κ3) is 3.96. The maximum Gasteiger partial charge on any atom is 0.210 e. The Morgan fingerprint density at radius 2 is 2.15 bits per heavy atom. The van der Waals surface area contributed by atoms with E-state index in [9.17, 15) is 0 Å². The van der Waals surface area contributed by atoms with E-state index in [0.29, 0.717) is 17.4 Å². The number of halogens is 1. The molecule has 0 unspecified atom stereocenters. The Morgan fingerprint density at radius 1 is 1.27 bits per heavy atom.